The molecule has 6 heteroatoms. The Kier molecular flexibility index (Phi) is 8.45. The highest BCUT2D eigenvalue weighted by Gasteiger charge is 2.32. The molecule has 0 saturated carbocycles. The average molecular weight is 459 g/mol. The second kappa shape index (κ2) is 10.3. The van der Waals surface area contributed by atoms with E-state index in [1.54, 1.807) is 0 Å². The highest BCUT2D eigenvalue weighted by Crippen LogP contribution is 2.21. The first-order chi connectivity index (χ1) is 11.8. The van der Waals surface area contributed by atoms with Gasteiger partial charge in [-0.1, -0.05) is 29.8 Å². The van der Waals surface area contributed by atoms with E-state index in [9.17, 15) is 0 Å². The van der Waals surface area contributed by atoms with E-state index in [-0.39, 0.29) is 36.2 Å². The fraction of sp³-hybridized carbons (Fsp3) is 0.632. The minimum Gasteiger partial charge on any atom is -0.375 e. The van der Waals surface area contributed by atoms with Crippen molar-refractivity contribution in [2.24, 2.45) is 4.99 Å². The number of rotatable bonds is 4. The summed E-state index contributed by atoms with van der Waals surface area (Å²) in [6, 6.07) is 8.58. The van der Waals surface area contributed by atoms with Crippen LogP contribution >= 0.6 is 24.0 Å². The van der Waals surface area contributed by atoms with Crippen LogP contribution in [0.3, 0.4) is 0 Å². The summed E-state index contributed by atoms with van der Waals surface area (Å²) < 4.78 is 11.8. The normalized spacial score (nSPS) is 24.1. The van der Waals surface area contributed by atoms with Crippen LogP contribution in [0.25, 0.3) is 0 Å². The number of hydrogen-bond donors (Lipinski definition) is 1. The Bertz CT molecular complexity index is 544. The average Bonchev–Trinajstić information content (AvgIpc) is 3.15. The first kappa shape index (κ1) is 20.5. The first-order valence-electron chi connectivity index (χ1n) is 9.08. The quantitative estimate of drug-likeness (QED) is 0.428. The summed E-state index contributed by atoms with van der Waals surface area (Å²) in [6.07, 6.45) is 2.65. The van der Waals surface area contributed by atoms with E-state index in [1.165, 1.54) is 11.1 Å². The Hall–Kier alpha value is -0.860. The maximum Gasteiger partial charge on any atom is 0.194 e. The van der Waals surface area contributed by atoms with Gasteiger partial charge in [-0.15, -0.1) is 24.0 Å². The maximum absolute atomic E-state index is 5.95. The molecule has 25 heavy (non-hydrogen) atoms. The Balaban J connectivity index is 0.00000225. The van der Waals surface area contributed by atoms with Crippen LogP contribution in [0.4, 0.5) is 0 Å². The maximum atomic E-state index is 5.95. The highest BCUT2D eigenvalue weighted by atomic mass is 127. The highest BCUT2D eigenvalue weighted by molar-refractivity contribution is 14.0. The number of halogens is 1. The number of aryl methyl sites for hydroxylation is 1. The molecule has 0 bridgehead atoms. The number of ether oxygens (including phenoxy) is 2. The molecule has 0 amide bonds. The van der Waals surface area contributed by atoms with Crippen LogP contribution in [0.15, 0.2) is 29.3 Å². The molecule has 5 nitrogen and oxygen atoms in total. The summed E-state index contributed by atoms with van der Waals surface area (Å²) in [5, 5.41) is 3.42. The van der Waals surface area contributed by atoms with E-state index < -0.39 is 0 Å². The second-order valence-corrected chi connectivity index (χ2v) is 6.56. The van der Waals surface area contributed by atoms with Crippen LogP contribution in [0.1, 0.15) is 30.9 Å². The second-order valence-electron chi connectivity index (χ2n) is 6.56. The number of guanidine groups is 1. The van der Waals surface area contributed by atoms with E-state index in [0.29, 0.717) is 6.54 Å². The van der Waals surface area contributed by atoms with Crippen LogP contribution < -0.4 is 5.32 Å². The Morgan fingerprint density at radius 3 is 2.64 bits per heavy atom. The van der Waals surface area contributed by atoms with Crippen LogP contribution in [0.2, 0.25) is 0 Å². The largest absolute Gasteiger partial charge is 0.375 e. The molecule has 2 atom stereocenters. The van der Waals surface area contributed by atoms with Crippen molar-refractivity contribution in [3.63, 3.8) is 0 Å². The van der Waals surface area contributed by atoms with Crippen LogP contribution in [0, 0.1) is 6.92 Å². The molecule has 2 saturated heterocycles. The number of aliphatic imine (C=N–C) groups is 1. The molecule has 2 fully saturated rings. The number of nitrogens with one attached hydrogen (secondary N) is 1. The SMILES string of the molecule is CCNC(=NCc1ccc(C)cc1)N1CCOC(C2CCCO2)C1.I. The van der Waals surface area contributed by atoms with Gasteiger partial charge in [0.05, 0.1) is 19.3 Å². The number of nitrogens with zero attached hydrogens (tertiary/aromatic N) is 2. The van der Waals surface area contributed by atoms with Crippen molar-refractivity contribution in [1.82, 2.24) is 10.2 Å². The molecule has 140 valence electrons. The van der Waals surface area contributed by atoms with Crippen molar-refractivity contribution in [1.29, 1.82) is 0 Å². The van der Waals surface area contributed by atoms with Crippen molar-refractivity contribution in [3.05, 3.63) is 35.4 Å². The summed E-state index contributed by atoms with van der Waals surface area (Å²) in [5.41, 5.74) is 2.52. The molecule has 0 spiro atoms. The lowest BCUT2D eigenvalue weighted by Gasteiger charge is -2.37. The zero-order valence-electron chi connectivity index (χ0n) is 15.2. The van der Waals surface area contributed by atoms with Gasteiger partial charge in [0.1, 0.15) is 6.10 Å². The predicted octanol–water partition coefficient (Wildman–Crippen LogP) is 2.96. The number of morpholine rings is 1. The van der Waals surface area contributed by atoms with Gasteiger partial charge in [-0.25, -0.2) is 4.99 Å². The van der Waals surface area contributed by atoms with E-state index in [4.69, 9.17) is 14.5 Å². The minimum absolute atomic E-state index is 0. The predicted molar refractivity (Wildman–Crippen MR) is 112 cm³/mol. The van der Waals surface area contributed by atoms with E-state index in [2.05, 4.69) is 48.3 Å². The van der Waals surface area contributed by atoms with E-state index in [1.807, 2.05) is 0 Å². The van der Waals surface area contributed by atoms with Gasteiger partial charge in [0.25, 0.3) is 0 Å². The molecule has 2 aliphatic heterocycles. The Morgan fingerprint density at radius 2 is 1.96 bits per heavy atom. The summed E-state index contributed by atoms with van der Waals surface area (Å²) in [6.45, 7) is 9.12. The van der Waals surface area contributed by atoms with Gasteiger partial charge in [-0.3, -0.25) is 0 Å². The van der Waals surface area contributed by atoms with Gasteiger partial charge in [-0.05, 0) is 32.3 Å². The van der Waals surface area contributed by atoms with E-state index in [0.717, 1.165) is 51.6 Å². The lowest BCUT2D eigenvalue weighted by Crippen LogP contribution is -2.53. The lowest BCUT2D eigenvalue weighted by atomic mass is 10.1. The van der Waals surface area contributed by atoms with Crippen molar-refractivity contribution in [2.45, 2.75) is 45.4 Å². The summed E-state index contributed by atoms with van der Waals surface area (Å²) in [4.78, 5) is 7.15. The molecule has 0 aliphatic carbocycles. The van der Waals surface area contributed by atoms with Crippen molar-refractivity contribution in [2.75, 3.05) is 32.8 Å². The van der Waals surface area contributed by atoms with Gasteiger partial charge in [0.2, 0.25) is 0 Å². The van der Waals surface area contributed by atoms with Crippen molar-refractivity contribution in [3.8, 4) is 0 Å². The molecule has 2 unspecified atom stereocenters. The minimum atomic E-state index is 0. The molecule has 1 aromatic rings. The summed E-state index contributed by atoms with van der Waals surface area (Å²) >= 11 is 0. The number of benzene rings is 1. The third-order valence-electron chi connectivity index (χ3n) is 4.64. The van der Waals surface area contributed by atoms with Crippen LogP contribution in [-0.4, -0.2) is 55.9 Å². The van der Waals surface area contributed by atoms with Crippen molar-refractivity contribution >= 4 is 29.9 Å². The fourth-order valence-electron chi connectivity index (χ4n) is 3.27. The van der Waals surface area contributed by atoms with Gasteiger partial charge in [-0.2, -0.15) is 0 Å². The summed E-state index contributed by atoms with van der Waals surface area (Å²) in [7, 11) is 0. The van der Waals surface area contributed by atoms with Gasteiger partial charge in [0, 0.05) is 26.2 Å². The Morgan fingerprint density at radius 1 is 1.20 bits per heavy atom. The molecule has 0 aromatic heterocycles. The molecule has 1 N–H and O–H groups in total. The third-order valence-corrected chi connectivity index (χ3v) is 4.64. The smallest absolute Gasteiger partial charge is 0.194 e. The molecule has 2 heterocycles. The van der Waals surface area contributed by atoms with E-state index >= 15 is 0 Å². The molecule has 0 radical (unpaired) electrons. The third kappa shape index (κ3) is 5.82. The fourth-order valence-corrected chi connectivity index (χ4v) is 3.27. The topological polar surface area (TPSA) is 46.1 Å². The molecular weight excluding hydrogens is 429 g/mol. The molecular formula is C19H30IN3O2. The van der Waals surface area contributed by atoms with Gasteiger partial charge in [0.15, 0.2) is 5.96 Å². The monoisotopic (exact) mass is 459 g/mol. The van der Waals surface area contributed by atoms with Crippen LogP contribution in [-0.2, 0) is 16.0 Å². The molecule has 1 aromatic carbocycles. The standard InChI is InChI=1S/C19H29N3O2.HI/c1-3-20-19(21-13-16-8-6-15(2)7-9-16)22-10-12-24-18(14-22)17-5-4-11-23-17;/h6-9,17-18H,3-5,10-14H2,1-2H3,(H,20,21);1H. The number of hydrogen-bond acceptors (Lipinski definition) is 3. The summed E-state index contributed by atoms with van der Waals surface area (Å²) in [5.74, 6) is 0.976. The zero-order valence-corrected chi connectivity index (χ0v) is 17.6. The molecule has 2 aliphatic rings. The van der Waals surface area contributed by atoms with Gasteiger partial charge >= 0.3 is 0 Å². The van der Waals surface area contributed by atoms with Crippen molar-refractivity contribution < 1.29 is 9.47 Å². The first-order valence-corrected chi connectivity index (χ1v) is 9.08. The molecule has 3 rings (SSSR count). The lowest BCUT2D eigenvalue weighted by molar-refractivity contribution is -0.0817. The zero-order chi connectivity index (χ0) is 16.8. The van der Waals surface area contributed by atoms with Gasteiger partial charge < -0.3 is 19.7 Å². The Labute approximate surface area is 168 Å². The van der Waals surface area contributed by atoms with Crippen LogP contribution in [0.5, 0.6) is 0 Å².